The van der Waals surface area contributed by atoms with Gasteiger partial charge in [0.25, 0.3) is 0 Å². The number of nitrogens with zero attached hydrogens (tertiary/aromatic N) is 1. The zero-order valence-corrected chi connectivity index (χ0v) is 11.5. The number of hydrogen-bond donors (Lipinski definition) is 2. The van der Waals surface area contributed by atoms with Crippen molar-refractivity contribution in [1.29, 1.82) is 0 Å². The molecule has 1 fully saturated rings. The topological polar surface area (TPSA) is 83.6 Å². The van der Waals surface area contributed by atoms with Crippen LogP contribution in [-0.2, 0) is 9.59 Å². The third kappa shape index (κ3) is 2.66. The van der Waals surface area contributed by atoms with Crippen LogP contribution in [0.3, 0.4) is 0 Å². The average molecular weight is 256 g/mol. The Hall–Kier alpha value is -1.10. The van der Waals surface area contributed by atoms with E-state index in [0.29, 0.717) is 19.4 Å². The van der Waals surface area contributed by atoms with Crippen molar-refractivity contribution in [3.63, 3.8) is 0 Å². The van der Waals surface area contributed by atoms with Gasteiger partial charge < -0.3 is 15.7 Å². The summed E-state index contributed by atoms with van der Waals surface area (Å²) in [6, 6.07) is -0.494. The average Bonchev–Trinajstić information content (AvgIpc) is 2.74. The molecule has 1 heterocycles. The SMILES string of the molecule is CCC[C@@H](N)C(=O)N1CCC(C(=O)O)(C(C)C)C1. The largest absolute Gasteiger partial charge is 0.481 e. The summed E-state index contributed by atoms with van der Waals surface area (Å²) in [5.41, 5.74) is 5.01. The first-order valence-corrected chi connectivity index (χ1v) is 6.63. The Morgan fingerprint density at radius 1 is 1.44 bits per heavy atom. The van der Waals surface area contributed by atoms with Crippen LogP contribution < -0.4 is 5.73 Å². The van der Waals surface area contributed by atoms with Gasteiger partial charge in [0.15, 0.2) is 0 Å². The number of aliphatic carboxylic acids is 1. The molecule has 0 aromatic heterocycles. The number of hydrogen-bond acceptors (Lipinski definition) is 3. The maximum Gasteiger partial charge on any atom is 0.311 e. The molecule has 1 saturated heterocycles. The highest BCUT2D eigenvalue weighted by Gasteiger charge is 2.48. The zero-order valence-electron chi connectivity index (χ0n) is 11.5. The molecule has 0 saturated carbocycles. The Morgan fingerprint density at radius 2 is 2.06 bits per heavy atom. The van der Waals surface area contributed by atoms with Gasteiger partial charge in [0, 0.05) is 13.1 Å². The van der Waals surface area contributed by atoms with Crippen LogP contribution in [-0.4, -0.2) is 41.0 Å². The molecule has 5 heteroatoms. The van der Waals surface area contributed by atoms with E-state index in [9.17, 15) is 14.7 Å². The van der Waals surface area contributed by atoms with Crippen LogP contribution in [0.15, 0.2) is 0 Å². The molecule has 0 aromatic carbocycles. The lowest BCUT2D eigenvalue weighted by atomic mass is 9.76. The van der Waals surface area contributed by atoms with Gasteiger partial charge in [-0.2, -0.15) is 0 Å². The van der Waals surface area contributed by atoms with Crippen molar-refractivity contribution in [3.05, 3.63) is 0 Å². The minimum Gasteiger partial charge on any atom is -0.481 e. The van der Waals surface area contributed by atoms with E-state index in [0.717, 1.165) is 6.42 Å². The van der Waals surface area contributed by atoms with E-state index in [2.05, 4.69) is 0 Å². The van der Waals surface area contributed by atoms with Gasteiger partial charge in [0.1, 0.15) is 0 Å². The summed E-state index contributed by atoms with van der Waals surface area (Å²) in [6.45, 7) is 6.56. The molecule has 1 aliphatic rings. The third-order valence-corrected chi connectivity index (χ3v) is 4.06. The van der Waals surface area contributed by atoms with Crippen LogP contribution in [0.25, 0.3) is 0 Å². The van der Waals surface area contributed by atoms with Crippen molar-refractivity contribution in [2.75, 3.05) is 13.1 Å². The maximum absolute atomic E-state index is 12.1. The summed E-state index contributed by atoms with van der Waals surface area (Å²) in [4.78, 5) is 25.2. The lowest BCUT2D eigenvalue weighted by Crippen LogP contribution is -2.45. The van der Waals surface area contributed by atoms with E-state index in [1.165, 1.54) is 0 Å². The first kappa shape index (κ1) is 15.0. The molecule has 1 aliphatic heterocycles. The Kier molecular flexibility index (Phi) is 4.73. The van der Waals surface area contributed by atoms with Crippen molar-refractivity contribution in [2.24, 2.45) is 17.1 Å². The molecule has 2 atom stereocenters. The predicted octanol–water partition coefficient (Wildman–Crippen LogP) is 1.07. The molecule has 5 nitrogen and oxygen atoms in total. The predicted molar refractivity (Wildman–Crippen MR) is 69.0 cm³/mol. The number of rotatable bonds is 5. The maximum atomic E-state index is 12.1. The Morgan fingerprint density at radius 3 is 2.44 bits per heavy atom. The lowest BCUT2D eigenvalue weighted by molar-refractivity contribution is -0.151. The van der Waals surface area contributed by atoms with Crippen molar-refractivity contribution in [1.82, 2.24) is 4.90 Å². The van der Waals surface area contributed by atoms with Gasteiger partial charge in [0.2, 0.25) is 5.91 Å². The van der Waals surface area contributed by atoms with Gasteiger partial charge in [-0.15, -0.1) is 0 Å². The van der Waals surface area contributed by atoms with Crippen LogP contribution in [0.4, 0.5) is 0 Å². The van der Waals surface area contributed by atoms with E-state index in [1.807, 2.05) is 20.8 Å². The molecule has 104 valence electrons. The first-order chi connectivity index (χ1) is 8.35. The van der Waals surface area contributed by atoms with Crippen LogP contribution in [0.5, 0.6) is 0 Å². The van der Waals surface area contributed by atoms with Gasteiger partial charge >= 0.3 is 5.97 Å². The minimum absolute atomic E-state index is 0.00944. The molecule has 1 rings (SSSR count). The van der Waals surface area contributed by atoms with Gasteiger partial charge in [-0.3, -0.25) is 9.59 Å². The van der Waals surface area contributed by atoms with Crippen molar-refractivity contribution in [3.8, 4) is 0 Å². The molecule has 0 aliphatic carbocycles. The van der Waals surface area contributed by atoms with Gasteiger partial charge in [-0.25, -0.2) is 0 Å². The third-order valence-electron chi connectivity index (χ3n) is 4.06. The highest BCUT2D eigenvalue weighted by molar-refractivity contribution is 5.84. The highest BCUT2D eigenvalue weighted by Crippen LogP contribution is 2.38. The second kappa shape index (κ2) is 5.69. The van der Waals surface area contributed by atoms with Crippen LogP contribution in [0.2, 0.25) is 0 Å². The summed E-state index contributed by atoms with van der Waals surface area (Å²) < 4.78 is 0. The van der Waals surface area contributed by atoms with E-state index >= 15 is 0 Å². The molecule has 3 N–H and O–H groups in total. The Labute approximate surface area is 108 Å². The molecular formula is C13H24N2O3. The minimum atomic E-state index is -0.808. The number of carboxylic acid groups (broad SMARTS) is 1. The number of carbonyl (C=O) groups excluding carboxylic acids is 1. The van der Waals surface area contributed by atoms with Gasteiger partial charge in [-0.05, 0) is 18.8 Å². The number of carboxylic acids is 1. The molecule has 0 spiro atoms. The van der Waals surface area contributed by atoms with Crippen molar-refractivity contribution >= 4 is 11.9 Å². The second-order valence-corrected chi connectivity index (χ2v) is 5.52. The highest BCUT2D eigenvalue weighted by atomic mass is 16.4. The number of nitrogens with two attached hydrogens (primary N) is 1. The normalized spacial score (nSPS) is 25.5. The zero-order chi connectivity index (χ0) is 13.9. The summed E-state index contributed by atoms with van der Waals surface area (Å²) in [5.74, 6) is -0.910. The smallest absolute Gasteiger partial charge is 0.311 e. The lowest BCUT2D eigenvalue weighted by Gasteiger charge is -2.29. The van der Waals surface area contributed by atoms with Crippen molar-refractivity contribution < 1.29 is 14.7 Å². The quantitative estimate of drug-likeness (QED) is 0.770. The molecule has 0 aromatic rings. The summed E-state index contributed by atoms with van der Waals surface area (Å²) in [5, 5.41) is 9.41. The summed E-state index contributed by atoms with van der Waals surface area (Å²) in [7, 11) is 0. The van der Waals surface area contributed by atoms with Crippen LogP contribution in [0.1, 0.15) is 40.0 Å². The summed E-state index contributed by atoms with van der Waals surface area (Å²) in [6.07, 6.45) is 2.02. The van der Waals surface area contributed by atoms with Gasteiger partial charge in [-0.1, -0.05) is 27.2 Å². The van der Waals surface area contributed by atoms with E-state index in [4.69, 9.17) is 5.73 Å². The van der Waals surface area contributed by atoms with Crippen LogP contribution in [0, 0.1) is 11.3 Å². The van der Waals surface area contributed by atoms with Gasteiger partial charge in [0.05, 0.1) is 11.5 Å². The van der Waals surface area contributed by atoms with Crippen LogP contribution >= 0.6 is 0 Å². The second-order valence-electron chi connectivity index (χ2n) is 5.52. The molecule has 18 heavy (non-hydrogen) atoms. The fourth-order valence-corrected chi connectivity index (χ4v) is 2.58. The number of amides is 1. The molecule has 1 unspecified atom stereocenters. The molecular weight excluding hydrogens is 232 g/mol. The monoisotopic (exact) mass is 256 g/mol. The fraction of sp³-hybridized carbons (Fsp3) is 0.846. The molecule has 0 radical (unpaired) electrons. The number of likely N-dealkylation sites (tertiary alicyclic amines) is 1. The molecule has 1 amide bonds. The number of carbonyl (C=O) groups is 2. The first-order valence-electron chi connectivity index (χ1n) is 6.63. The fourth-order valence-electron chi connectivity index (χ4n) is 2.58. The van der Waals surface area contributed by atoms with Crippen molar-refractivity contribution in [2.45, 2.75) is 46.1 Å². The summed E-state index contributed by atoms with van der Waals surface area (Å²) >= 11 is 0. The Balaban J connectivity index is 2.75. The standard InChI is InChI=1S/C13H24N2O3/c1-4-5-10(14)11(16)15-7-6-13(8-15,9(2)3)12(17)18/h9-10H,4-8,14H2,1-3H3,(H,17,18)/t10-,13?/m1/s1. The van der Waals surface area contributed by atoms with E-state index in [-0.39, 0.29) is 18.4 Å². The van der Waals surface area contributed by atoms with E-state index in [1.54, 1.807) is 4.90 Å². The van der Waals surface area contributed by atoms with E-state index < -0.39 is 17.4 Å². The molecule has 0 bridgehead atoms. The Bertz CT molecular complexity index is 330.